The topological polar surface area (TPSA) is 23.5 Å². The quantitative estimate of drug-likeness (QED) is 0.848. The van der Waals surface area contributed by atoms with Gasteiger partial charge >= 0.3 is 0 Å². The average Bonchev–Trinajstić information content (AvgIpc) is 2.23. The molecule has 0 saturated carbocycles. The molecular formula is C15H23NO. The van der Waals surface area contributed by atoms with E-state index in [0.717, 1.165) is 32.5 Å². The second-order valence-corrected chi connectivity index (χ2v) is 5.41. The van der Waals surface area contributed by atoms with E-state index in [2.05, 4.69) is 37.8 Å². The second kappa shape index (κ2) is 5.19. The summed E-state index contributed by atoms with van der Waals surface area (Å²) < 4.78 is 0. The van der Waals surface area contributed by atoms with Gasteiger partial charge in [0.2, 0.25) is 0 Å². The van der Waals surface area contributed by atoms with Crippen LogP contribution in [-0.2, 0) is 6.54 Å². The Morgan fingerprint density at radius 2 is 1.88 bits per heavy atom. The van der Waals surface area contributed by atoms with Crippen LogP contribution in [0.3, 0.4) is 0 Å². The number of aliphatic hydroxyl groups excluding tert-OH is 1. The minimum Gasteiger partial charge on any atom is -0.392 e. The number of likely N-dealkylation sites (tertiary alicyclic amines) is 1. The first-order valence-corrected chi connectivity index (χ1v) is 6.53. The van der Waals surface area contributed by atoms with Crippen molar-refractivity contribution >= 4 is 0 Å². The molecule has 0 bridgehead atoms. The molecule has 1 aromatic rings. The van der Waals surface area contributed by atoms with Gasteiger partial charge < -0.3 is 5.11 Å². The van der Waals surface area contributed by atoms with Crippen LogP contribution in [0.1, 0.15) is 35.1 Å². The van der Waals surface area contributed by atoms with E-state index in [1.807, 2.05) is 0 Å². The van der Waals surface area contributed by atoms with Gasteiger partial charge in [0.1, 0.15) is 0 Å². The Hall–Kier alpha value is -0.860. The van der Waals surface area contributed by atoms with E-state index in [9.17, 15) is 5.11 Å². The molecular weight excluding hydrogens is 210 g/mol. The van der Waals surface area contributed by atoms with Crippen LogP contribution in [0.15, 0.2) is 12.1 Å². The number of hydrogen-bond donors (Lipinski definition) is 1. The van der Waals surface area contributed by atoms with Crippen LogP contribution in [-0.4, -0.2) is 29.2 Å². The van der Waals surface area contributed by atoms with Gasteiger partial charge in [-0.3, -0.25) is 4.90 Å². The molecule has 1 fully saturated rings. The van der Waals surface area contributed by atoms with Crippen molar-refractivity contribution in [2.75, 3.05) is 13.1 Å². The van der Waals surface area contributed by atoms with Crippen molar-refractivity contribution in [2.24, 2.45) is 0 Å². The van der Waals surface area contributed by atoms with Crippen molar-refractivity contribution in [3.63, 3.8) is 0 Å². The lowest BCUT2D eigenvalue weighted by Gasteiger charge is -2.31. The zero-order chi connectivity index (χ0) is 12.4. The first-order chi connectivity index (χ1) is 8.06. The molecule has 1 atom stereocenters. The minimum atomic E-state index is -0.130. The zero-order valence-electron chi connectivity index (χ0n) is 11.2. The molecule has 94 valence electrons. The van der Waals surface area contributed by atoms with E-state index in [-0.39, 0.29) is 6.10 Å². The Bertz CT molecular complexity index is 377. The summed E-state index contributed by atoms with van der Waals surface area (Å²) in [5.74, 6) is 0. The van der Waals surface area contributed by atoms with Crippen molar-refractivity contribution in [3.05, 3.63) is 34.4 Å². The van der Waals surface area contributed by atoms with Crippen LogP contribution < -0.4 is 0 Å². The maximum atomic E-state index is 9.70. The van der Waals surface area contributed by atoms with Gasteiger partial charge in [-0.1, -0.05) is 17.7 Å². The third kappa shape index (κ3) is 3.08. The lowest BCUT2D eigenvalue weighted by atomic mass is 9.98. The molecule has 1 saturated heterocycles. The number of aryl methyl sites for hydroxylation is 3. The summed E-state index contributed by atoms with van der Waals surface area (Å²) in [5.41, 5.74) is 5.53. The molecule has 2 heteroatoms. The highest BCUT2D eigenvalue weighted by atomic mass is 16.3. The fourth-order valence-electron chi connectivity index (χ4n) is 2.86. The predicted molar refractivity (Wildman–Crippen MR) is 71.2 cm³/mol. The van der Waals surface area contributed by atoms with Gasteiger partial charge in [0.05, 0.1) is 6.10 Å². The van der Waals surface area contributed by atoms with Gasteiger partial charge in [0.15, 0.2) is 0 Å². The Balaban J connectivity index is 2.12. The van der Waals surface area contributed by atoms with E-state index < -0.39 is 0 Å². The first kappa shape index (κ1) is 12.6. The van der Waals surface area contributed by atoms with Gasteiger partial charge in [-0.25, -0.2) is 0 Å². The van der Waals surface area contributed by atoms with Gasteiger partial charge in [0.25, 0.3) is 0 Å². The minimum absolute atomic E-state index is 0.130. The van der Waals surface area contributed by atoms with Crippen LogP contribution in [0.25, 0.3) is 0 Å². The van der Waals surface area contributed by atoms with Crippen LogP contribution in [0.2, 0.25) is 0 Å². The van der Waals surface area contributed by atoms with Gasteiger partial charge in [0, 0.05) is 13.1 Å². The summed E-state index contributed by atoms with van der Waals surface area (Å²) in [6.45, 7) is 9.45. The maximum absolute atomic E-state index is 9.70. The average molecular weight is 233 g/mol. The molecule has 1 unspecified atom stereocenters. The summed E-state index contributed by atoms with van der Waals surface area (Å²) >= 11 is 0. The predicted octanol–water partition coefficient (Wildman–Crippen LogP) is 2.57. The van der Waals surface area contributed by atoms with Crippen LogP contribution >= 0.6 is 0 Å². The molecule has 1 aromatic carbocycles. The van der Waals surface area contributed by atoms with Gasteiger partial charge in [-0.05, 0) is 56.8 Å². The molecule has 17 heavy (non-hydrogen) atoms. The third-order valence-corrected chi connectivity index (χ3v) is 3.70. The van der Waals surface area contributed by atoms with Crippen molar-refractivity contribution < 1.29 is 5.11 Å². The Labute approximate surface area is 104 Å². The highest BCUT2D eigenvalue weighted by molar-refractivity contribution is 5.37. The Morgan fingerprint density at radius 3 is 2.47 bits per heavy atom. The summed E-state index contributed by atoms with van der Waals surface area (Å²) in [4.78, 5) is 2.37. The molecule has 0 amide bonds. The number of nitrogens with zero attached hydrogens (tertiary/aromatic N) is 1. The molecule has 0 spiro atoms. The van der Waals surface area contributed by atoms with Crippen molar-refractivity contribution in [3.8, 4) is 0 Å². The smallest absolute Gasteiger partial charge is 0.0667 e. The van der Waals surface area contributed by atoms with Crippen molar-refractivity contribution in [2.45, 2.75) is 46.3 Å². The number of piperidine rings is 1. The summed E-state index contributed by atoms with van der Waals surface area (Å²) in [6, 6.07) is 4.51. The molecule has 2 nitrogen and oxygen atoms in total. The summed E-state index contributed by atoms with van der Waals surface area (Å²) in [6.07, 6.45) is 1.95. The van der Waals surface area contributed by atoms with Crippen LogP contribution in [0.5, 0.6) is 0 Å². The number of rotatable bonds is 2. The highest BCUT2D eigenvalue weighted by Gasteiger charge is 2.18. The molecule has 0 aromatic heterocycles. The summed E-state index contributed by atoms with van der Waals surface area (Å²) in [5, 5.41) is 9.70. The van der Waals surface area contributed by atoms with E-state index >= 15 is 0 Å². The molecule has 1 aliphatic rings. The zero-order valence-corrected chi connectivity index (χ0v) is 11.2. The number of hydrogen-bond acceptors (Lipinski definition) is 2. The molecule has 0 radical (unpaired) electrons. The first-order valence-electron chi connectivity index (χ1n) is 6.53. The maximum Gasteiger partial charge on any atom is 0.0667 e. The largest absolute Gasteiger partial charge is 0.392 e. The van der Waals surface area contributed by atoms with Gasteiger partial charge in [-0.2, -0.15) is 0 Å². The van der Waals surface area contributed by atoms with Crippen LogP contribution in [0.4, 0.5) is 0 Å². The standard InChI is InChI=1S/C15H23NO/c1-11-7-12(2)15(13(3)8-11)10-16-6-4-5-14(17)9-16/h7-8,14,17H,4-6,9-10H2,1-3H3. The third-order valence-electron chi connectivity index (χ3n) is 3.70. The lowest BCUT2D eigenvalue weighted by molar-refractivity contribution is 0.0666. The van der Waals surface area contributed by atoms with E-state index in [1.54, 1.807) is 0 Å². The van der Waals surface area contributed by atoms with Gasteiger partial charge in [-0.15, -0.1) is 0 Å². The SMILES string of the molecule is Cc1cc(C)c(CN2CCCC(O)C2)c(C)c1. The van der Waals surface area contributed by atoms with Crippen molar-refractivity contribution in [1.29, 1.82) is 0 Å². The Kier molecular flexibility index (Phi) is 3.85. The number of β-amino-alcohol motifs (C(OH)–C–C–N with tert-alkyl or cyclic N) is 1. The molecule has 1 heterocycles. The monoisotopic (exact) mass is 233 g/mol. The van der Waals surface area contributed by atoms with E-state index in [1.165, 1.54) is 22.3 Å². The molecule has 1 aliphatic heterocycles. The van der Waals surface area contributed by atoms with E-state index in [0.29, 0.717) is 0 Å². The highest BCUT2D eigenvalue weighted by Crippen LogP contribution is 2.20. The van der Waals surface area contributed by atoms with Crippen LogP contribution in [0, 0.1) is 20.8 Å². The van der Waals surface area contributed by atoms with E-state index in [4.69, 9.17) is 0 Å². The van der Waals surface area contributed by atoms with Crippen molar-refractivity contribution in [1.82, 2.24) is 4.90 Å². The molecule has 1 N–H and O–H groups in total. The number of aliphatic hydroxyl groups is 1. The molecule has 0 aliphatic carbocycles. The second-order valence-electron chi connectivity index (χ2n) is 5.41. The molecule has 2 rings (SSSR count). The lowest BCUT2D eigenvalue weighted by Crippen LogP contribution is -2.37. The fraction of sp³-hybridized carbons (Fsp3) is 0.600. The number of benzene rings is 1. The fourth-order valence-corrected chi connectivity index (χ4v) is 2.86. The normalized spacial score (nSPS) is 21.8. The Morgan fingerprint density at radius 1 is 1.24 bits per heavy atom. The summed E-state index contributed by atoms with van der Waals surface area (Å²) in [7, 11) is 0.